The topological polar surface area (TPSA) is 77.0 Å². The van der Waals surface area contributed by atoms with Gasteiger partial charge in [-0.25, -0.2) is 9.89 Å². The first kappa shape index (κ1) is 13.3. The molecule has 3 unspecified atom stereocenters. The van der Waals surface area contributed by atoms with E-state index >= 15 is 0 Å². The molecule has 0 radical (unpaired) electrons. The van der Waals surface area contributed by atoms with Gasteiger partial charge in [0.05, 0.1) is 12.7 Å². The third-order valence-electron chi connectivity index (χ3n) is 4.88. The Hall–Kier alpha value is -2.37. The first-order chi connectivity index (χ1) is 10.7. The van der Waals surface area contributed by atoms with Gasteiger partial charge < -0.3 is 9.30 Å². The SMILES string of the molecule is COC(=O)c1cn(CC2CC3C=CC2C3)cc2c(=O)[nH]nc1-2. The fourth-order valence-corrected chi connectivity index (χ4v) is 3.83. The minimum Gasteiger partial charge on any atom is -0.465 e. The van der Waals surface area contributed by atoms with E-state index in [0.29, 0.717) is 34.6 Å². The molecule has 4 aliphatic rings. The zero-order valence-electron chi connectivity index (χ0n) is 12.3. The highest BCUT2D eigenvalue weighted by atomic mass is 16.5. The Morgan fingerprint density at radius 1 is 1.41 bits per heavy atom. The van der Waals surface area contributed by atoms with Gasteiger partial charge in [-0.2, -0.15) is 5.10 Å². The normalized spacial score (nSPS) is 26.0. The summed E-state index contributed by atoms with van der Waals surface area (Å²) in [7, 11) is 1.33. The maximum Gasteiger partial charge on any atom is 0.341 e. The molecule has 2 aliphatic heterocycles. The Morgan fingerprint density at radius 2 is 2.27 bits per heavy atom. The lowest BCUT2D eigenvalue weighted by Gasteiger charge is -2.20. The zero-order chi connectivity index (χ0) is 15.3. The number of hydrogen-bond acceptors (Lipinski definition) is 4. The molecule has 6 nitrogen and oxygen atoms in total. The summed E-state index contributed by atoms with van der Waals surface area (Å²) in [6, 6.07) is 0. The molecule has 0 amide bonds. The molecule has 2 bridgehead atoms. The van der Waals surface area contributed by atoms with Crippen molar-refractivity contribution in [2.75, 3.05) is 7.11 Å². The Balaban J connectivity index is 1.73. The smallest absolute Gasteiger partial charge is 0.341 e. The average molecular weight is 299 g/mol. The second kappa shape index (κ2) is 4.83. The number of carbonyl (C=O) groups is 1. The zero-order valence-corrected chi connectivity index (χ0v) is 12.3. The van der Waals surface area contributed by atoms with Crippen molar-refractivity contribution in [2.24, 2.45) is 17.8 Å². The van der Waals surface area contributed by atoms with Crippen molar-refractivity contribution >= 4 is 5.97 Å². The van der Waals surface area contributed by atoms with E-state index in [1.54, 1.807) is 12.4 Å². The predicted molar refractivity (Wildman–Crippen MR) is 79.7 cm³/mol. The van der Waals surface area contributed by atoms with Crippen LogP contribution in [0.3, 0.4) is 0 Å². The van der Waals surface area contributed by atoms with Crippen LogP contribution < -0.4 is 5.56 Å². The number of fused-ring (bicyclic) bond motifs is 3. The van der Waals surface area contributed by atoms with Crippen LogP contribution in [-0.4, -0.2) is 27.8 Å². The molecule has 1 N–H and O–H groups in total. The second-order valence-electron chi connectivity index (χ2n) is 6.22. The van der Waals surface area contributed by atoms with E-state index in [9.17, 15) is 9.59 Å². The van der Waals surface area contributed by atoms with Crippen molar-refractivity contribution in [3.05, 3.63) is 40.5 Å². The highest BCUT2D eigenvalue weighted by Crippen LogP contribution is 2.44. The molecule has 0 aromatic rings. The molecule has 3 atom stereocenters. The molecule has 0 spiro atoms. The van der Waals surface area contributed by atoms with Crippen molar-refractivity contribution in [1.82, 2.24) is 14.8 Å². The van der Waals surface area contributed by atoms with E-state index < -0.39 is 5.97 Å². The Morgan fingerprint density at radius 3 is 2.95 bits per heavy atom. The molecule has 22 heavy (non-hydrogen) atoms. The summed E-state index contributed by atoms with van der Waals surface area (Å²) in [5, 5.41) is 6.34. The minimum atomic E-state index is -0.473. The Kier molecular flexibility index (Phi) is 2.92. The molecule has 1 saturated carbocycles. The van der Waals surface area contributed by atoms with Crippen LogP contribution in [0.15, 0.2) is 29.3 Å². The van der Waals surface area contributed by atoms with Gasteiger partial charge in [-0.15, -0.1) is 0 Å². The quantitative estimate of drug-likeness (QED) is 0.691. The average Bonchev–Trinajstić information content (AvgIpc) is 3.22. The summed E-state index contributed by atoms with van der Waals surface area (Å²) < 4.78 is 6.74. The molecule has 114 valence electrons. The van der Waals surface area contributed by atoms with Gasteiger partial charge in [0.15, 0.2) is 0 Å². The van der Waals surface area contributed by atoms with Gasteiger partial charge in [0.2, 0.25) is 0 Å². The van der Waals surface area contributed by atoms with Crippen LogP contribution in [0.4, 0.5) is 0 Å². The molecule has 0 aromatic heterocycles. The summed E-state index contributed by atoms with van der Waals surface area (Å²) in [6.45, 7) is 0.802. The lowest BCUT2D eigenvalue weighted by atomic mass is 9.93. The number of pyridine rings is 1. The molecule has 6 heteroatoms. The lowest BCUT2D eigenvalue weighted by molar-refractivity contribution is 0.0600. The third-order valence-corrected chi connectivity index (χ3v) is 4.88. The molecule has 2 heterocycles. The summed E-state index contributed by atoms with van der Waals surface area (Å²) in [6.07, 6.45) is 10.5. The van der Waals surface area contributed by atoms with Gasteiger partial charge in [0, 0.05) is 18.9 Å². The number of ether oxygens (including phenoxy) is 1. The van der Waals surface area contributed by atoms with Crippen LogP contribution in [0.5, 0.6) is 0 Å². The Labute approximate surface area is 127 Å². The summed E-state index contributed by atoms with van der Waals surface area (Å²) in [5.41, 5.74) is 0.863. The monoisotopic (exact) mass is 299 g/mol. The molecular formula is C16H17N3O3. The van der Waals surface area contributed by atoms with E-state index in [0.717, 1.165) is 6.54 Å². The number of allylic oxidation sites excluding steroid dienone is 2. The first-order valence-corrected chi connectivity index (χ1v) is 7.50. The third kappa shape index (κ3) is 1.98. The van der Waals surface area contributed by atoms with Gasteiger partial charge in [0.1, 0.15) is 11.3 Å². The first-order valence-electron chi connectivity index (χ1n) is 7.50. The van der Waals surface area contributed by atoms with Gasteiger partial charge in [-0.1, -0.05) is 12.2 Å². The summed E-state index contributed by atoms with van der Waals surface area (Å²) >= 11 is 0. The number of nitrogens with one attached hydrogen (secondary N) is 1. The molecule has 1 fully saturated rings. The van der Waals surface area contributed by atoms with Crippen LogP contribution in [0, 0.1) is 17.8 Å². The number of nitrogens with zero attached hydrogens (tertiary/aromatic N) is 2. The molecular weight excluding hydrogens is 282 g/mol. The summed E-state index contributed by atoms with van der Waals surface area (Å²) in [4.78, 5) is 23.8. The van der Waals surface area contributed by atoms with E-state index in [1.807, 2.05) is 4.57 Å². The van der Waals surface area contributed by atoms with Crippen molar-refractivity contribution in [3.63, 3.8) is 0 Å². The van der Waals surface area contributed by atoms with Gasteiger partial charge >= 0.3 is 5.97 Å². The van der Waals surface area contributed by atoms with E-state index in [4.69, 9.17) is 4.74 Å². The van der Waals surface area contributed by atoms with Crippen molar-refractivity contribution in [2.45, 2.75) is 19.4 Å². The molecule has 0 aromatic carbocycles. The minimum absolute atomic E-state index is 0.276. The number of methoxy groups -OCH3 is 1. The number of carbonyl (C=O) groups excluding carboxylic acids is 1. The van der Waals surface area contributed by atoms with Crippen molar-refractivity contribution in [3.8, 4) is 11.3 Å². The fraction of sp³-hybridized carbons (Fsp3) is 0.438. The highest BCUT2D eigenvalue weighted by molar-refractivity contribution is 5.95. The van der Waals surface area contributed by atoms with Crippen LogP contribution >= 0.6 is 0 Å². The number of H-pyrrole nitrogens is 1. The van der Waals surface area contributed by atoms with E-state index in [2.05, 4.69) is 22.3 Å². The van der Waals surface area contributed by atoms with Gasteiger partial charge in [-0.05, 0) is 30.6 Å². The molecule has 2 aliphatic carbocycles. The van der Waals surface area contributed by atoms with Crippen LogP contribution in [0.25, 0.3) is 11.3 Å². The largest absolute Gasteiger partial charge is 0.465 e. The van der Waals surface area contributed by atoms with Gasteiger partial charge in [-0.3, -0.25) is 4.79 Å². The molecule has 4 rings (SSSR count). The highest BCUT2D eigenvalue weighted by Gasteiger charge is 2.35. The van der Waals surface area contributed by atoms with Crippen molar-refractivity contribution < 1.29 is 9.53 Å². The maximum atomic E-state index is 12.0. The van der Waals surface area contributed by atoms with Gasteiger partial charge in [0.25, 0.3) is 5.56 Å². The number of aromatic amines is 1. The molecule has 0 saturated heterocycles. The van der Waals surface area contributed by atoms with Crippen LogP contribution in [-0.2, 0) is 11.3 Å². The van der Waals surface area contributed by atoms with Crippen LogP contribution in [0.1, 0.15) is 23.2 Å². The maximum absolute atomic E-state index is 12.0. The number of esters is 1. The standard InChI is InChI=1S/C16H17N3O3/c1-22-16(21)13-8-19(7-12-14(13)17-18-15(12)20)6-11-5-9-2-3-10(11)4-9/h2-3,7-11H,4-6H2,1H3,(H,18,20). The number of hydrogen-bond donors (Lipinski definition) is 1. The predicted octanol–water partition coefficient (Wildman–Crippen LogP) is 1.67. The Bertz CT molecular complexity index is 788. The van der Waals surface area contributed by atoms with E-state index in [1.165, 1.54) is 20.0 Å². The summed E-state index contributed by atoms with van der Waals surface area (Å²) in [5.74, 6) is 1.40. The second-order valence-corrected chi connectivity index (χ2v) is 6.22. The fourth-order valence-electron chi connectivity index (χ4n) is 3.83. The number of aromatic nitrogens is 3. The van der Waals surface area contributed by atoms with Crippen LogP contribution in [0.2, 0.25) is 0 Å². The number of rotatable bonds is 3. The van der Waals surface area contributed by atoms with E-state index in [-0.39, 0.29) is 5.56 Å². The lowest BCUT2D eigenvalue weighted by Crippen LogP contribution is -2.18. The van der Waals surface area contributed by atoms with Crippen molar-refractivity contribution in [1.29, 1.82) is 0 Å².